The number of ether oxygens (including phenoxy) is 2. The summed E-state index contributed by atoms with van der Waals surface area (Å²) in [6, 6.07) is 8.79. The Bertz CT molecular complexity index is 643. The van der Waals surface area contributed by atoms with Gasteiger partial charge in [0.25, 0.3) is 0 Å². The number of aromatic nitrogens is 1. The molecule has 4 heteroatoms. The van der Waals surface area contributed by atoms with Gasteiger partial charge in [-0.2, -0.15) is 0 Å². The van der Waals surface area contributed by atoms with Crippen molar-refractivity contribution in [3.8, 4) is 11.5 Å². The molecule has 1 atom stereocenters. The lowest BCUT2D eigenvalue weighted by molar-refractivity contribution is 0.191. The van der Waals surface area contributed by atoms with Gasteiger partial charge in [0.1, 0.15) is 0 Å². The summed E-state index contributed by atoms with van der Waals surface area (Å²) in [7, 11) is 3.37. The van der Waals surface area contributed by atoms with Gasteiger partial charge in [0.05, 0.1) is 14.2 Å². The fourth-order valence-electron chi connectivity index (χ4n) is 3.09. The van der Waals surface area contributed by atoms with Crippen molar-refractivity contribution in [2.75, 3.05) is 20.8 Å². The zero-order chi connectivity index (χ0) is 15.5. The van der Waals surface area contributed by atoms with Crippen LogP contribution in [0.4, 0.5) is 0 Å². The summed E-state index contributed by atoms with van der Waals surface area (Å²) < 4.78 is 10.8. The molecule has 116 valence electrons. The minimum Gasteiger partial charge on any atom is -0.493 e. The van der Waals surface area contributed by atoms with Crippen LogP contribution in [0.5, 0.6) is 11.5 Å². The highest BCUT2D eigenvalue weighted by Gasteiger charge is 2.23. The molecule has 3 rings (SSSR count). The van der Waals surface area contributed by atoms with Crippen LogP contribution in [0.1, 0.15) is 29.7 Å². The number of hydrogen-bond acceptors (Lipinski definition) is 4. The molecule has 0 unspecified atom stereocenters. The third-order valence-corrected chi connectivity index (χ3v) is 4.48. The van der Waals surface area contributed by atoms with Crippen LogP contribution in [0.2, 0.25) is 0 Å². The smallest absolute Gasteiger partial charge is 0.161 e. The molecule has 4 nitrogen and oxygen atoms in total. The highest BCUT2D eigenvalue weighted by molar-refractivity contribution is 5.48. The quantitative estimate of drug-likeness (QED) is 0.868. The first-order valence-corrected chi connectivity index (χ1v) is 7.60. The van der Waals surface area contributed by atoms with Gasteiger partial charge in [-0.15, -0.1) is 0 Å². The Balaban J connectivity index is 1.84. The summed E-state index contributed by atoms with van der Waals surface area (Å²) in [5.74, 6) is 1.62. The van der Waals surface area contributed by atoms with E-state index in [0.29, 0.717) is 6.04 Å². The number of fused-ring (bicyclic) bond motifs is 1. The molecule has 0 fully saturated rings. The Kier molecular flexibility index (Phi) is 4.29. The van der Waals surface area contributed by atoms with Crippen molar-refractivity contribution in [3.05, 3.63) is 53.3 Å². The molecule has 0 amide bonds. The van der Waals surface area contributed by atoms with Gasteiger partial charge in [0, 0.05) is 31.5 Å². The molecule has 1 aromatic heterocycles. The number of pyridine rings is 1. The highest BCUT2D eigenvalue weighted by atomic mass is 16.5. The lowest BCUT2D eigenvalue weighted by Gasteiger charge is -2.34. The van der Waals surface area contributed by atoms with Crippen LogP contribution in [0.3, 0.4) is 0 Å². The Morgan fingerprint density at radius 1 is 1.05 bits per heavy atom. The second kappa shape index (κ2) is 6.36. The summed E-state index contributed by atoms with van der Waals surface area (Å²) in [4.78, 5) is 6.59. The summed E-state index contributed by atoms with van der Waals surface area (Å²) >= 11 is 0. The molecular formula is C18H22N2O2. The standard InChI is InChI=1S/C18H22N2O2/c1-13(14-4-7-19-8-5-14)20-9-6-15-10-17(21-2)18(22-3)11-16(15)12-20/h4-5,7-8,10-11,13H,6,9,12H2,1-3H3/t13-/m1/s1. The molecule has 2 aromatic rings. The molecule has 1 aliphatic heterocycles. The van der Waals surface area contributed by atoms with Crippen molar-refractivity contribution < 1.29 is 9.47 Å². The molecule has 0 saturated carbocycles. The van der Waals surface area contributed by atoms with Gasteiger partial charge in [0.15, 0.2) is 11.5 Å². The topological polar surface area (TPSA) is 34.6 Å². The van der Waals surface area contributed by atoms with Crippen LogP contribution in [0.25, 0.3) is 0 Å². The third kappa shape index (κ3) is 2.79. The molecule has 1 aromatic carbocycles. The van der Waals surface area contributed by atoms with E-state index in [4.69, 9.17) is 9.47 Å². The summed E-state index contributed by atoms with van der Waals surface area (Å²) in [5.41, 5.74) is 3.99. The molecule has 0 aliphatic carbocycles. The van der Waals surface area contributed by atoms with E-state index in [1.807, 2.05) is 12.4 Å². The predicted octanol–water partition coefficient (Wildman–Crippen LogP) is 3.22. The maximum atomic E-state index is 5.43. The van der Waals surface area contributed by atoms with Crippen molar-refractivity contribution >= 4 is 0 Å². The van der Waals surface area contributed by atoms with E-state index in [1.54, 1.807) is 14.2 Å². The zero-order valence-electron chi connectivity index (χ0n) is 13.4. The average Bonchev–Trinajstić information content (AvgIpc) is 2.60. The van der Waals surface area contributed by atoms with Gasteiger partial charge < -0.3 is 9.47 Å². The molecule has 22 heavy (non-hydrogen) atoms. The van der Waals surface area contributed by atoms with Crippen LogP contribution in [0.15, 0.2) is 36.7 Å². The average molecular weight is 298 g/mol. The highest BCUT2D eigenvalue weighted by Crippen LogP contribution is 2.35. The minimum atomic E-state index is 0.379. The maximum absolute atomic E-state index is 5.43. The van der Waals surface area contributed by atoms with Crippen LogP contribution < -0.4 is 9.47 Å². The van der Waals surface area contributed by atoms with E-state index < -0.39 is 0 Å². The lowest BCUT2D eigenvalue weighted by Crippen LogP contribution is -2.32. The zero-order valence-corrected chi connectivity index (χ0v) is 13.4. The van der Waals surface area contributed by atoms with E-state index in [1.165, 1.54) is 16.7 Å². The summed E-state index contributed by atoms with van der Waals surface area (Å²) in [6.07, 6.45) is 4.75. The Hall–Kier alpha value is -2.07. The van der Waals surface area contributed by atoms with Crippen molar-refractivity contribution in [2.45, 2.75) is 25.9 Å². The maximum Gasteiger partial charge on any atom is 0.161 e. The minimum absolute atomic E-state index is 0.379. The van der Waals surface area contributed by atoms with Crippen LogP contribution >= 0.6 is 0 Å². The number of benzene rings is 1. The first-order valence-electron chi connectivity index (χ1n) is 7.60. The molecule has 0 radical (unpaired) electrons. The van der Waals surface area contributed by atoms with E-state index in [-0.39, 0.29) is 0 Å². The second-order valence-electron chi connectivity index (χ2n) is 5.65. The van der Waals surface area contributed by atoms with Crippen molar-refractivity contribution in [2.24, 2.45) is 0 Å². The second-order valence-corrected chi connectivity index (χ2v) is 5.65. The fraction of sp³-hybridized carbons (Fsp3) is 0.389. The molecule has 0 spiro atoms. The summed E-state index contributed by atoms with van der Waals surface area (Å²) in [5, 5.41) is 0. The molecule has 0 N–H and O–H groups in total. The molecular weight excluding hydrogens is 276 g/mol. The third-order valence-electron chi connectivity index (χ3n) is 4.48. The number of rotatable bonds is 4. The van der Waals surface area contributed by atoms with Gasteiger partial charge in [-0.3, -0.25) is 9.88 Å². The SMILES string of the molecule is COc1cc2c(cc1OC)CN([C@H](C)c1ccncc1)CC2. The monoisotopic (exact) mass is 298 g/mol. The first kappa shape index (κ1) is 14.9. The number of hydrogen-bond donors (Lipinski definition) is 0. The van der Waals surface area contributed by atoms with Crippen LogP contribution in [0, 0.1) is 0 Å². The Morgan fingerprint density at radius 3 is 2.32 bits per heavy atom. The lowest BCUT2D eigenvalue weighted by atomic mass is 9.96. The van der Waals surface area contributed by atoms with Crippen molar-refractivity contribution in [3.63, 3.8) is 0 Å². The fourth-order valence-corrected chi connectivity index (χ4v) is 3.09. The van der Waals surface area contributed by atoms with Gasteiger partial charge in [0.2, 0.25) is 0 Å². The van der Waals surface area contributed by atoms with Crippen molar-refractivity contribution in [1.29, 1.82) is 0 Å². The Labute approximate surface area is 131 Å². The van der Waals surface area contributed by atoms with Crippen LogP contribution in [-0.4, -0.2) is 30.6 Å². The van der Waals surface area contributed by atoms with Gasteiger partial charge >= 0.3 is 0 Å². The van der Waals surface area contributed by atoms with E-state index in [2.05, 4.69) is 41.1 Å². The molecule has 0 bridgehead atoms. The van der Waals surface area contributed by atoms with Crippen molar-refractivity contribution in [1.82, 2.24) is 9.88 Å². The van der Waals surface area contributed by atoms with Gasteiger partial charge in [-0.1, -0.05) is 0 Å². The van der Waals surface area contributed by atoms with E-state index >= 15 is 0 Å². The van der Waals surface area contributed by atoms with Gasteiger partial charge in [-0.25, -0.2) is 0 Å². The van der Waals surface area contributed by atoms with Gasteiger partial charge in [-0.05, 0) is 54.3 Å². The molecule has 2 heterocycles. The predicted molar refractivity (Wildman–Crippen MR) is 86.3 cm³/mol. The molecule has 1 aliphatic rings. The first-order chi connectivity index (χ1) is 10.7. The molecule has 0 saturated heterocycles. The van der Waals surface area contributed by atoms with E-state index in [9.17, 15) is 0 Å². The van der Waals surface area contributed by atoms with E-state index in [0.717, 1.165) is 31.0 Å². The number of methoxy groups -OCH3 is 2. The summed E-state index contributed by atoms with van der Waals surface area (Å²) in [6.45, 7) is 4.23. The van der Waals surface area contributed by atoms with Crippen LogP contribution in [-0.2, 0) is 13.0 Å². The number of nitrogens with zero attached hydrogens (tertiary/aromatic N) is 2. The Morgan fingerprint density at radius 2 is 1.68 bits per heavy atom. The largest absolute Gasteiger partial charge is 0.493 e. The normalized spacial score (nSPS) is 16.0.